The highest BCUT2D eigenvalue weighted by Gasteiger charge is 2.41. The first kappa shape index (κ1) is 11.0. The normalized spacial score (nSPS) is 26.5. The highest BCUT2D eigenvalue weighted by Crippen LogP contribution is 2.40. The SMILES string of the molecule is CC1CCN2c3cc(F)c(Br)cc3NC(=O)C12. The van der Waals surface area contributed by atoms with E-state index >= 15 is 0 Å². The molecular weight excluding hydrogens is 287 g/mol. The summed E-state index contributed by atoms with van der Waals surface area (Å²) >= 11 is 3.13. The number of nitrogens with one attached hydrogen (secondary N) is 1. The topological polar surface area (TPSA) is 32.3 Å². The average molecular weight is 299 g/mol. The first-order chi connectivity index (χ1) is 8.08. The van der Waals surface area contributed by atoms with E-state index in [1.54, 1.807) is 6.07 Å². The molecule has 1 fully saturated rings. The minimum Gasteiger partial charge on any atom is -0.358 e. The van der Waals surface area contributed by atoms with E-state index in [4.69, 9.17) is 0 Å². The molecule has 17 heavy (non-hydrogen) atoms. The van der Waals surface area contributed by atoms with E-state index in [0.29, 0.717) is 16.1 Å². The van der Waals surface area contributed by atoms with E-state index in [1.165, 1.54) is 6.07 Å². The molecule has 1 aromatic carbocycles. The van der Waals surface area contributed by atoms with Crippen molar-refractivity contribution in [3.63, 3.8) is 0 Å². The monoisotopic (exact) mass is 298 g/mol. The number of carbonyl (C=O) groups excluding carboxylic acids is 1. The molecule has 2 aliphatic rings. The summed E-state index contributed by atoms with van der Waals surface area (Å²) in [5, 5.41) is 2.85. The Kier molecular flexibility index (Phi) is 2.40. The van der Waals surface area contributed by atoms with Gasteiger partial charge in [-0.15, -0.1) is 0 Å². The Morgan fingerprint density at radius 3 is 3.06 bits per heavy atom. The van der Waals surface area contributed by atoms with Gasteiger partial charge < -0.3 is 10.2 Å². The van der Waals surface area contributed by atoms with Crippen molar-refractivity contribution in [1.82, 2.24) is 0 Å². The van der Waals surface area contributed by atoms with Gasteiger partial charge in [-0.05, 0) is 34.3 Å². The van der Waals surface area contributed by atoms with Crippen LogP contribution in [-0.4, -0.2) is 18.5 Å². The second kappa shape index (κ2) is 3.70. The van der Waals surface area contributed by atoms with Crippen LogP contribution in [0.25, 0.3) is 0 Å². The molecule has 0 radical (unpaired) electrons. The Labute approximate surface area is 107 Å². The lowest BCUT2D eigenvalue weighted by Gasteiger charge is -2.34. The Morgan fingerprint density at radius 2 is 2.29 bits per heavy atom. The summed E-state index contributed by atoms with van der Waals surface area (Å²) in [5.41, 5.74) is 1.48. The van der Waals surface area contributed by atoms with Gasteiger partial charge in [0.2, 0.25) is 5.91 Å². The highest BCUT2D eigenvalue weighted by atomic mass is 79.9. The average Bonchev–Trinajstić information content (AvgIpc) is 2.65. The quantitative estimate of drug-likeness (QED) is 0.799. The van der Waals surface area contributed by atoms with Gasteiger partial charge in [0, 0.05) is 12.6 Å². The fourth-order valence-corrected chi connectivity index (χ4v) is 3.04. The smallest absolute Gasteiger partial charge is 0.247 e. The van der Waals surface area contributed by atoms with Crippen LogP contribution in [0.2, 0.25) is 0 Å². The molecule has 0 saturated carbocycles. The fourth-order valence-electron chi connectivity index (χ4n) is 2.70. The first-order valence-corrected chi connectivity index (χ1v) is 6.44. The number of amides is 1. The van der Waals surface area contributed by atoms with Gasteiger partial charge >= 0.3 is 0 Å². The zero-order valence-corrected chi connectivity index (χ0v) is 10.9. The van der Waals surface area contributed by atoms with E-state index in [2.05, 4.69) is 28.2 Å². The summed E-state index contributed by atoms with van der Waals surface area (Å²) in [6, 6.07) is 2.97. The number of anilines is 2. The third-order valence-electron chi connectivity index (χ3n) is 3.57. The molecule has 0 aromatic heterocycles. The molecular formula is C12H12BrFN2O. The molecule has 2 heterocycles. The zero-order chi connectivity index (χ0) is 12.2. The maximum absolute atomic E-state index is 13.6. The molecule has 2 unspecified atom stereocenters. The molecule has 3 rings (SSSR count). The van der Waals surface area contributed by atoms with Gasteiger partial charge in [0.05, 0.1) is 15.8 Å². The van der Waals surface area contributed by atoms with Crippen molar-refractivity contribution in [2.24, 2.45) is 5.92 Å². The summed E-state index contributed by atoms with van der Waals surface area (Å²) in [5.74, 6) is 0.0362. The molecule has 2 aliphatic heterocycles. The Balaban J connectivity index is 2.12. The first-order valence-electron chi connectivity index (χ1n) is 5.64. The molecule has 0 spiro atoms. The standard InChI is InChI=1S/C12H12BrFN2O/c1-6-2-3-16-10-5-8(14)7(13)4-9(10)15-12(17)11(6)16/h4-6,11H,2-3H2,1H3,(H,15,17). The molecule has 1 N–H and O–H groups in total. The van der Waals surface area contributed by atoms with Gasteiger partial charge in [-0.25, -0.2) is 4.39 Å². The molecule has 2 atom stereocenters. The molecule has 5 heteroatoms. The van der Waals surface area contributed by atoms with Crippen molar-refractivity contribution >= 4 is 33.2 Å². The van der Waals surface area contributed by atoms with Crippen molar-refractivity contribution in [3.05, 3.63) is 22.4 Å². The van der Waals surface area contributed by atoms with Crippen molar-refractivity contribution in [2.75, 3.05) is 16.8 Å². The minimum absolute atomic E-state index is 0.0148. The Hall–Kier alpha value is -1.10. The number of hydrogen-bond acceptors (Lipinski definition) is 2. The summed E-state index contributed by atoms with van der Waals surface area (Å²) in [7, 11) is 0. The molecule has 1 amide bonds. The lowest BCUT2D eigenvalue weighted by atomic mass is 10.00. The van der Waals surface area contributed by atoms with Crippen molar-refractivity contribution in [3.8, 4) is 0 Å². The predicted molar refractivity (Wildman–Crippen MR) is 67.6 cm³/mol. The van der Waals surface area contributed by atoms with E-state index in [1.807, 2.05) is 4.90 Å². The van der Waals surface area contributed by atoms with Crippen LogP contribution in [-0.2, 0) is 4.79 Å². The van der Waals surface area contributed by atoms with Crippen LogP contribution >= 0.6 is 15.9 Å². The number of halogens is 2. The van der Waals surface area contributed by atoms with Crippen LogP contribution in [0.15, 0.2) is 16.6 Å². The largest absolute Gasteiger partial charge is 0.358 e. The van der Waals surface area contributed by atoms with Crippen LogP contribution < -0.4 is 10.2 Å². The highest BCUT2D eigenvalue weighted by molar-refractivity contribution is 9.10. The van der Waals surface area contributed by atoms with Crippen LogP contribution in [0, 0.1) is 11.7 Å². The van der Waals surface area contributed by atoms with E-state index < -0.39 is 0 Å². The van der Waals surface area contributed by atoms with E-state index in [9.17, 15) is 9.18 Å². The zero-order valence-electron chi connectivity index (χ0n) is 9.34. The molecule has 0 bridgehead atoms. The van der Waals surface area contributed by atoms with Crippen LogP contribution in [0.4, 0.5) is 15.8 Å². The summed E-state index contributed by atoms with van der Waals surface area (Å²) in [6.07, 6.45) is 0.967. The minimum atomic E-state index is -0.293. The molecule has 1 aromatic rings. The third-order valence-corrected chi connectivity index (χ3v) is 4.18. The second-order valence-corrected chi connectivity index (χ2v) is 5.53. The van der Waals surface area contributed by atoms with Crippen molar-refractivity contribution in [1.29, 1.82) is 0 Å². The van der Waals surface area contributed by atoms with Gasteiger partial charge in [0.1, 0.15) is 11.9 Å². The number of fused-ring (bicyclic) bond motifs is 3. The summed E-state index contributed by atoms with van der Waals surface area (Å²) in [6.45, 7) is 2.87. The van der Waals surface area contributed by atoms with Gasteiger partial charge in [0.15, 0.2) is 0 Å². The van der Waals surface area contributed by atoms with Crippen LogP contribution in [0.5, 0.6) is 0 Å². The van der Waals surface area contributed by atoms with Gasteiger partial charge in [-0.1, -0.05) is 6.92 Å². The summed E-state index contributed by atoms with van der Waals surface area (Å²) < 4.78 is 13.9. The molecule has 0 aliphatic carbocycles. The number of rotatable bonds is 0. The van der Waals surface area contributed by atoms with Gasteiger partial charge in [0.25, 0.3) is 0 Å². The Morgan fingerprint density at radius 1 is 1.53 bits per heavy atom. The maximum atomic E-state index is 13.6. The van der Waals surface area contributed by atoms with Crippen LogP contribution in [0.3, 0.4) is 0 Å². The molecule has 3 nitrogen and oxygen atoms in total. The van der Waals surface area contributed by atoms with Gasteiger partial charge in [-0.3, -0.25) is 4.79 Å². The number of nitrogens with zero attached hydrogens (tertiary/aromatic N) is 1. The number of carbonyl (C=O) groups is 1. The van der Waals surface area contributed by atoms with Gasteiger partial charge in [-0.2, -0.15) is 0 Å². The summed E-state index contributed by atoms with van der Waals surface area (Å²) in [4.78, 5) is 14.0. The van der Waals surface area contributed by atoms with Crippen molar-refractivity contribution in [2.45, 2.75) is 19.4 Å². The third kappa shape index (κ3) is 1.56. The predicted octanol–water partition coefficient (Wildman–Crippen LogP) is 2.76. The number of benzene rings is 1. The van der Waals surface area contributed by atoms with E-state index in [-0.39, 0.29) is 17.8 Å². The molecule has 90 valence electrons. The second-order valence-electron chi connectivity index (χ2n) is 4.68. The number of hydrogen-bond donors (Lipinski definition) is 1. The van der Waals surface area contributed by atoms with Crippen LogP contribution in [0.1, 0.15) is 13.3 Å². The maximum Gasteiger partial charge on any atom is 0.247 e. The fraction of sp³-hybridized carbons (Fsp3) is 0.417. The molecule has 1 saturated heterocycles. The lowest BCUT2D eigenvalue weighted by molar-refractivity contribution is -0.118. The lowest BCUT2D eigenvalue weighted by Crippen LogP contribution is -2.46. The van der Waals surface area contributed by atoms with Crippen molar-refractivity contribution < 1.29 is 9.18 Å². The van der Waals surface area contributed by atoms with E-state index in [0.717, 1.165) is 18.7 Å². The Bertz CT molecular complexity index is 506.